The van der Waals surface area contributed by atoms with E-state index in [0.29, 0.717) is 11.5 Å². The van der Waals surface area contributed by atoms with Crippen LogP contribution in [-0.4, -0.2) is 48.2 Å². The molecule has 0 saturated carbocycles. The van der Waals surface area contributed by atoms with E-state index in [1.165, 1.54) is 50.1 Å². The Bertz CT molecular complexity index is 1340. The van der Waals surface area contributed by atoms with Crippen molar-refractivity contribution < 1.29 is 31.8 Å². The number of nitrogens with zero attached hydrogens (tertiary/aromatic N) is 1. The van der Waals surface area contributed by atoms with E-state index in [4.69, 9.17) is 14.2 Å². The Hall–Kier alpha value is -3.79. The number of carbonyl (C=O) groups is 1. The van der Waals surface area contributed by atoms with Crippen molar-refractivity contribution in [2.24, 2.45) is 0 Å². The van der Waals surface area contributed by atoms with Gasteiger partial charge in [0.1, 0.15) is 24.7 Å². The highest BCUT2D eigenvalue weighted by molar-refractivity contribution is 7.92. The zero-order valence-corrected chi connectivity index (χ0v) is 23.0. The van der Waals surface area contributed by atoms with Gasteiger partial charge in [-0.1, -0.05) is 32.9 Å². The van der Waals surface area contributed by atoms with Crippen LogP contribution in [0.3, 0.4) is 0 Å². The van der Waals surface area contributed by atoms with Crippen LogP contribution in [0.15, 0.2) is 71.6 Å². The molecule has 38 heavy (non-hydrogen) atoms. The maximum atomic E-state index is 13.6. The molecule has 204 valence electrons. The number of rotatable bonds is 11. The molecular formula is C28H33FN2O6S. The normalized spacial score (nSPS) is 11.5. The number of carbonyl (C=O) groups excluding carboxylic acids is 1. The maximum Gasteiger partial charge on any atom is 0.264 e. The molecule has 0 aliphatic rings. The fraction of sp³-hybridized carbons (Fsp3) is 0.321. The first-order valence-electron chi connectivity index (χ1n) is 12.0. The number of halogens is 1. The molecule has 8 nitrogen and oxygen atoms in total. The number of methoxy groups -OCH3 is 2. The summed E-state index contributed by atoms with van der Waals surface area (Å²) in [5.74, 6) is 0.144. The monoisotopic (exact) mass is 544 g/mol. The standard InChI is InChI=1S/C28H33FN2O6S/c1-28(2,3)20-6-12-23(13-7-20)37-17-16-30-27(32)19-31(22-10-8-21(29)9-11-22)38(33,34)24-14-15-25(35-4)26(18-24)36-5/h6-15,18H,16-17,19H2,1-5H3,(H,30,32). The lowest BCUT2D eigenvalue weighted by Crippen LogP contribution is -2.42. The van der Waals surface area contributed by atoms with E-state index in [0.717, 1.165) is 16.4 Å². The van der Waals surface area contributed by atoms with E-state index < -0.39 is 28.3 Å². The molecule has 10 heteroatoms. The largest absolute Gasteiger partial charge is 0.493 e. The molecule has 0 spiro atoms. The topological polar surface area (TPSA) is 94.2 Å². The van der Waals surface area contributed by atoms with Crippen LogP contribution in [0.1, 0.15) is 26.3 Å². The molecule has 3 aromatic carbocycles. The summed E-state index contributed by atoms with van der Waals surface area (Å²) < 4.78 is 57.7. The van der Waals surface area contributed by atoms with Gasteiger partial charge in [-0.25, -0.2) is 12.8 Å². The minimum Gasteiger partial charge on any atom is -0.493 e. The first-order chi connectivity index (χ1) is 18.0. The number of nitrogens with one attached hydrogen (secondary N) is 1. The quantitative estimate of drug-likeness (QED) is 0.357. The van der Waals surface area contributed by atoms with Gasteiger partial charge >= 0.3 is 0 Å². The van der Waals surface area contributed by atoms with Gasteiger partial charge in [-0.15, -0.1) is 0 Å². The van der Waals surface area contributed by atoms with Crippen molar-refractivity contribution in [1.82, 2.24) is 5.32 Å². The van der Waals surface area contributed by atoms with Gasteiger partial charge in [0.05, 0.1) is 31.3 Å². The highest BCUT2D eigenvalue weighted by atomic mass is 32.2. The summed E-state index contributed by atoms with van der Waals surface area (Å²) in [7, 11) is -1.40. The molecule has 3 rings (SSSR count). The Kier molecular flexibility index (Phi) is 9.22. The number of sulfonamides is 1. The molecule has 0 atom stereocenters. The maximum absolute atomic E-state index is 13.6. The van der Waals surface area contributed by atoms with Gasteiger partial charge in [0.15, 0.2) is 11.5 Å². The molecule has 1 N–H and O–H groups in total. The van der Waals surface area contributed by atoms with E-state index in [2.05, 4.69) is 26.1 Å². The van der Waals surface area contributed by atoms with Crippen molar-refractivity contribution in [1.29, 1.82) is 0 Å². The van der Waals surface area contributed by atoms with Crippen LogP contribution in [0.25, 0.3) is 0 Å². The van der Waals surface area contributed by atoms with E-state index >= 15 is 0 Å². The predicted octanol–water partition coefficient (Wildman–Crippen LogP) is 4.53. The van der Waals surface area contributed by atoms with Crippen LogP contribution >= 0.6 is 0 Å². The molecule has 0 radical (unpaired) electrons. The van der Waals surface area contributed by atoms with Gasteiger partial charge in [-0.2, -0.15) is 0 Å². The summed E-state index contributed by atoms with van der Waals surface area (Å²) >= 11 is 0. The summed E-state index contributed by atoms with van der Waals surface area (Å²) in [6.07, 6.45) is 0. The van der Waals surface area contributed by atoms with Crippen LogP contribution in [0.4, 0.5) is 10.1 Å². The summed E-state index contributed by atoms with van der Waals surface area (Å²) in [6.45, 7) is 6.20. The molecule has 0 aliphatic heterocycles. The minimum atomic E-state index is -4.23. The lowest BCUT2D eigenvalue weighted by molar-refractivity contribution is -0.119. The third-order valence-corrected chi connectivity index (χ3v) is 7.53. The molecule has 3 aromatic rings. The molecule has 1 amide bonds. The molecule has 0 bridgehead atoms. The third-order valence-electron chi connectivity index (χ3n) is 5.76. The van der Waals surface area contributed by atoms with Crippen LogP contribution < -0.4 is 23.8 Å². The Morgan fingerprint density at radius 2 is 1.55 bits per heavy atom. The molecule has 0 fully saturated rings. The number of anilines is 1. The molecule has 0 aliphatic carbocycles. The van der Waals surface area contributed by atoms with Gasteiger partial charge in [-0.05, 0) is 59.5 Å². The second-order valence-corrected chi connectivity index (χ2v) is 11.3. The Morgan fingerprint density at radius 1 is 0.921 bits per heavy atom. The number of benzene rings is 3. The van der Waals surface area contributed by atoms with E-state index in [1.54, 1.807) is 0 Å². The zero-order valence-electron chi connectivity index (χ0n) is 22.2. The van der Waals surface area contributed by atoms with E-state index in [-0.39, 0.29) is 34.9 Å². The average Bonchev–Trinajstić information content (AvgIpc) is 2.89. The van der Waals surface area contributed by atoms with Crippen LogP contribution in [0.5, 0.6) is 17.2 Å². The second-order valence-electron chi connectivity index (χ2n) is 9.48. The smallest absolute Gasteiger partial charge is 0.264 e. The van der Waals surface area contributed by atoms with Crippen LogP contribution in [0, 0.1) is 5.82 Å². The van der Waals surface area contributed by atoms with Gasteiger partial charge in [0, 0.05) is 6.07 Å². The summed E-state index contributed by atoms with van der Waals surface area (Å²) in [5.41, 5.74) is 1.33. The fourth-order valence-corrected chi connectivity index (χ4v) is 5.06. The van der Waals surface area contributed by atoms with Crippen molar-refractivity contribution in [2.45, 2.75) is 31.1 Å². The highest BCUT2D eigenvalue weighted by Crippen LogP contribution is 2.32. The highest BCUT2D eigenvalue weighted by Gasteiger charge is 2.28. The SMILES string of the molecule is COc1ccc(S(=O)(=O)N(CC(=O)NCCOc2ccc(C(C)(C)C)cc2)c2ccc(F)cc2)cc1OC. The number of amides is 1. The molecule has 0 heterocycles. The Balaban J connectivity index is 1.71. The Labute approximate surface area is 223 Å². The van der Waals surface area contributed by atoms with Crippen molar-refractivity contribution in [3.05, 3.63) is 78.1 Å². The van der Waals surface area contributed by atoms with Crippen LogP contribution in [0.2, 0.25) is 0 Å². The number of ether oxygens (including phenoxy) is 3. The molecule has 0 unspecified atom stereocenters. The van der Waals surface area contributed by atoms with Gasteiger partial charge in [0.2, 0.25) is 5.91 Å². The molecule has 0 aromatic heterocycles. The fourth-order valence-electron chi connectivity index (χ4n) is 3.62. The minimum absolute atomic E-state index is 0.0280. The average molecular weight is 545 g/mol. The van der Waals surface area contributed by atoms with Gasteiger partial charge in [0.25, 0.3) is 10.0 Å². The van der Waals surface area contributed by atoms with E-state index in [9.17, 15) is 17.6 Å². The molecular weight excluding hydrogens is 511 g/mol. The number of hydrogen-bond acceptors (Lipinski definition) is 6. The van der Waals surface area contributed by atoms with Crippen molar-refractivity contribution in [3.63, 3.8) is 0 Å². The van der Waals surface area contributed by atoms with Crippen molar-refractivity contribution in [2.75, 3.05) is 38.2 Å². The van der Waals surface area contributed by atoms with Crippen molar-refractivity contribution in [3.8, 4) is 17.2 Å². The van der Waals surface area contributed by atoms with Crippen LogP contribution in [-0.2, 0) is 20.2 Å². The first-order valence-corrected chi connectivity index (χ1v) is 13.4. The van der Waals surface area contributed by atoms with Crippen molar-refractivity contribution >= 4 is 21.6 Å². The summed E-state index contributed by atoms with van der Waals surface area (Å²) in [5, 5.41) is 2.68. The predicted molar refractivity (Wildman–Crippen MR) is 144 cm³/mol. The number of hydrogen-bond donors (Lipinski definition) is 1. The van der Waals surface area contributed by atoms with E-state index in [1.807, 2.05) is 24.3 Å². The Morgan fingerprint density at radius 3 is 2.13 bits per heavy atom. The zero-order chi connectivity index (χ0) is 27.9. The lowest BCUT2D eigenvalue weighted by Gasteiger charge is -2.24. The first kappa shape index (κ1) is 28.8. The molecule has 0 saturated heterocycles. The summed E-state index contributed by atoms with van der Waals surface area (Å²) in [6, 6.07) is 16.7. The lowest BCUT2D eigenvalue weighted by atomic mass is 9.87. The second kappa shape index (κ2) is 12.2. The third kappa shape index (κ3) is 7.16. The van der Waals surface area contributed by atoms with Gasteiger partial charge in [-0.3, -0.25) is 9.10 Å². The summed E-state index contributed by atoms with van der Waals surface area (Å²) in [4.78, 5) is 12.7. The van der Waals surface area contributed by atoms with Gasteiger partial charge < -0.3 is 19.5 Å².